The van der Waals surface area contributed by atoms with Crippen molar-refractivity contribution in [1.82, 2.24) is 15.1 Å². The molecule has 26 heavy (non-hydrogen) atoms. The first-order valence-corrected chi connectivity index (χ1v) is 10.0. The van der Waals surface area contributed by atoms with Gasteiger partial charge in [-0.25, -0.2) is 8.42 Å². The van der Waals surface area contributed by atoms with Crippen LogP contribution in [0.2, 0.25) is 0 Å². The molecule has 1 aliphatic heterocycles. The molecule has 1 aromatic heterocycles. The molecule has 0 aliphatic carbocycles. The number of carbonyl (C=O) groups is 1. The third-order valence-electron chi connectivity index (χ3n) is 4.31. The van der Waals surface area contributed by atoms with Gasteiger partial charge in [0.2, 0.25) is 21.6 Å². The summed E-state index contributed by atoms with van der Waals surface area (Å²) in [5.41, 5.74) is 0.537. The molecule has 2 heterocycles. The summed E-state index contributed by atoms with van der Waals surface area (Å²) in [6.07, 6.45) is 1.93. The van der Waals surface area contributed by atoms with Gasteiger partial charge in [-0.05, 0) is 37.0 Å². The summed E-state index contributed by atoms with van der Waals surface area (Å²) >= 11 is 0. The van der Waals surface area contributed by atoms with E-state index in [2.05, 4.69) is 10.2 Å². The van der Waals surface area contributed by atoms with Gasteiger partial charge in [0.1, 0.15) is 11.5 Å². The Balaban J connectivity index is 1.75. The second-order valence-electron chi connectivity index (χ2n) is 6.45. The molecule has 2 aromatic rings. The molecule has 0 N–H and O–H groups in total. The second kappa shape index (κ2) is 7.45. The molecule has 1 atom stereocenters. The van der Waals surface area contributed by atoms with Gasteiger partial charge in [0, 0.05) is 18.7 Å². The monoisotopic (exact) mass is 379 g/mol. The van der Waals surface area contributed by atoms with Crippen LogP contribution < -0.4 is 4.74 Å². The van der Waals surface area contributed by atoms with Gasteiger partial charge in [-0.1, -0.05) is 18.1 Å². The standard InChI is InChI=1S/C17H21N3O5S/c1-12-5-4-8-20(10-12)15(21)11-26(22,23)17-19-18-16(25-17)13-6-3-7-14(9-13)24-2/h3,6-7,9,12H,4-5,8,10-11H2,1-2H3. The van der Waals surface area contributed by atoms with Crippen molar-refractivity contribution in [2.75, 3.05) is 26.0 Å². The second-order valence-corrected chi connectivity index (χ2v) is 8.32. The van der Waals surface area contributed by atoms with Crippen molar-refractivity contribution < 1.29 is 22.4 Å². The van der Waals surface area contributed by atoms with Crippen LogP contribution >= 0.6 is 0 Å². The number of rotatable bonds is 5. The minimum Gasteiger partial charge on any atom is -0.497 e. The van der Waals surface area contributed by atoms with Crippen LogP contribution in [0.4, 0.5) is 0 Å². The molecule has 140 valence electrons. The predicted octanol–water partition coefficient (Wildman–Crippen LogP) is 1.78. The van der Waals surface area contributed by atoms with Crippen molar-refractivity contribution >= 4 is 15.7 Å². The topological polar surface area (TPSA) is 103 Å². The molecule has 1 aromatic carbocycles. The van der Waals surface area contributed by atoms with Crippen molar-refractivity contribution in [3.05, 3.63) is 24.3 Å². The maximum absolute atomic E-state index is 12.5. The number of methoxy groups -OCH3 is 1. The van der Waals surface area contributed by atoms with Crippen molar-refractivity contribution in [3.63, 3.8) is 0 Å². The number of amides is 1. The quantitative estimate of drug-likeness (QED) is 0.780. The average Bonchev–Trinajstić information content (AvgIpc) is 3.12. The fraction of sp³-hybridized carbons (Fsp3) is 0.471. The number of sulfone groups is 1. The van der Waals surface area contributed by atoms with Gasteiger partial charge in [-0.15, -0.1) is 5.10 Å². The molecule has 1 fully saturated rings. The Kier molecular flexibility index (Phi) is 5.26. The van der Waals surface area contributed by atoms with Crippen LogP contribution in [0.1, 0.15) is 19.8 Å². The Hall–Kier alpha value is -2.42. The zero-order valence-electron chi connectivity index (χ0n) is 14.7. The average molecular weight is 379 g/mol. The molecule has 0 bridgehead atoms. The van der Waals surface area contributed by atoms with E-state index in [-0.39, 0.29) is 5.89 Å². The number of carbonyl (C=O) groups excluding carboxylic acids is 1. The molecule has 0 saturated carbocycles. The lowest BCUT2D eigenvalue weighted by atomic mass is 10.0. The van der Waals surface area contributed by atoms with Crippen LogP contribution in [0.15, 0.2) is 33.9 Å². The van der Waals surface area contributed by atoms with Crippen molar-refractivity contribution in [3.8, 4) is 17.2 Å². The highest BCUT2D eigenvalue weighted by atomic mass is 32.2. The predicted molar refractivity (Wildman–Crippen MR) is 93.3 cm³/mol. The van der Waals surface area contributed by atoms with Gasteiger partial charge in [-0.3, -0.25) is 4.79 Å². The van der Waals surface area contributed by atoms with Crippen LogP contribution in [0, 0.1) is 5.92 Å². The molecular formula is C17H21N3O5S. The summed E-state index contributed by atoms with van der Waals surface area (Å²) in [7, 11) is -2.47. The molecule has 9 heteroatoms. The van der Waals surface area contributed by atoms with E-state index in [9.17, 15) is 13.2 Å². The highest BCUT2D eigenvalue weighted by molar-refractivity contribution is 7.91. The molecule has 0 radical (unpaired) electrons. The highest BCUT2D eigenvalue weighted by Crippen LogP contribution is 2.24. The van der Waals surface area contributed by atoms with Gasteiger partial charge >= 0.3 is 5.22 Å². The molecule has 1 saturated heterocycles. The van der Waals surface area contributed by atoms with Crippen LogP contribution in [-0.2, 0) is 14.6 Å². The molecule has 1 aliphatic rings. The van der Waals surface area contributed by atoms with E-state index in [1.54, 1.807) is 29.2 Å². The molecule has 8 nitrogen and oxygen atoms in total. The lowest BCUT2D eigenvalue weighted by Crippen LogP contribution is -2.42. The van der Waals surface area contributed by atoms with Gasteiger partial charge in [0.25, 0.3) is 0 Å². The first-order chi connectivity index (χ1) is 12.4. The van der Waals surface area contributed by atoms with E-state index in [0.29, 0.717) is 30.3 Å². The van der Waals surface area contributed by atoms with E-state index >= 15 is 0 Å². The molecule has 0 spiro atoms. The van der Waals surface area contributed by atoms with Crippen molar-refractivity contribution in [2.24, 2.45) is 5.92 Å². The zero-order chi connectivity index (χ0) is 18.7. The third kappa shape index (κ3) is 4.04. The number of nitrogens with zero attached hydrogens (tertiary/aromatic N) is 3. The maximum atomic E-state index is 12.5. The van der Waals surface area contributed by atoms with Gasteiger partial charge < -0.3 is 14.1 Å². The smallest absolute Gasteiger partial charge is 0.336 e. The van der Waals surface area contributed by atoms with Gasteiger partial charge in [0.15, 0.2) is 0 Å². The fourth-order valence-corrected chi connectivity index (χ4v) is 3.94. The number of aromatic nitrogens is 2. The fourth-order valence-electron chi connectivity index (χ4n) is 2.94. The van der Waals surface area contributed by atoms with Crippen LogP contribution in [0.25, 0.3) is 11.5 Å². The summed E-state index contributed by atoms with van der Waals surface area (Å²) in [4.78, 5) is 13.9. The van der Waals surface area contributed by atoms with Crippen LogP contribution in [-0.4, -0.2) is 55.4 Å². The van der Waals surface area contributed by atoms with Crippen molar-refractivity contribution in [1.29, 1.82) is 0 Å². The minimum absolute atomic E-state index is 0.0570. The number of hydrogen-bond donors (Lipinski definition) is 0. The molecule has 1 unspecified atom stereocenters. The lowest BCUT2D eigenvalue weighted by Gasteiger charge is -2.30. The Morgan fingerprint density at radius 1 is 1.38 bits per heavy atom. The summed E-state index contributed by atoms with van der Waals surface area (Å²) in [6.45, 7) is 3.21. The van der Waals surface area contributed by atoms with Crippen molar-refractivity contribution in [2.45, 2.75) is 25.0 Å². The van der Waals surface area contributed by atoms with E-state index in [4.69, 9.17) is 9.15 Å². The van der Waals surface area contributed by atoms with Gasteiger partial charge in [-0.2, -0.15) is 0 Å². The largest absolute Gasteiger partial charge is 0.497 e. The van der Waals surface area contributed by atoms with E-state index in [0.717, 1.165) is 12.8 Å². The number of likely N-dealkylation sites (tertiary alicyclic amines) is 1. The molecule has 3 rings (SSSR count). The van der Waals surface area contributed by atoms with E-state index < -0.39 is 26.7 Å². The Morgan fingerprint density at radius 3 is 2.92 bits per heavy atom. The third-order valence-corrected chi connectivity index (χ3v) is 5.64. The van der Waals surface area contributed by atoms with Crippen LogP contribution in [0.5, 0.6) is 5.75 Å². The SMILES string of the molecule is COc1cccc(-c2nnc(S(=O)(=O)CC(=O)N3CCCC(C)C3)o2)c1. The normalized spacial score (nSPS) is 17.9. The number of piperidine rings is 1. The molecular weight excluding hydrogens is 358 g/mol. The van der Waals surface area contributed by atoms with Crippen LogP contribution in [0.3, 0.4) is 0 Å². The first-order valence-electron chi connectivity index (χ1n) is 8.37. The Labute approximate surface area is 152 Å². The van der Waals surface area contributed by atoms with E-state index in [1.165, 1.54) is 7.11 Å². The molecule has 1 amide bonds. The summed E-state index contributed by atoms with van der Waals surface area (Å²) < 4.78 is 35.4. The highest BCUT2D eigenvalue weighted by Gasteiger charge is 2.30. The number of benzene rings is 1. The summed E-state index contributed by atoms with van der Waals surface area (Å²) in [5.74, 6) is -0.0865. The maximum Gasteiger partial charge on any atom is 0.336 e. The van der Waals surface area contributed by atoms with E-state index in [1.807, 2.05) is 6.92 Å². The summed E-state index contributed by atoms with van der Waals surface area (Å²) in [5, 5.41) is 6.85. The zero-order valence-corrected chi connectivity index (χ0v) is 15.5. The summed E-state index contributed by atoms with van der Waals surface area (Å²) in [6, 6.07) is 6.83. The first kappa shape index (κ1) is 18.4. The van der Waals surface area contributed by atoms with Gasteiger partial charge in [0.05, 0.1) is 7.11 Å². The number of hydrogen-bond acceptors (Lipinski definition) is 7. The minimum atomic E-state index is -3.99. The Morgan fingerprint density at radius 2 is 2.19 bits per heavy atom. The lowest BCUT2D eigenvalue weighted by molar-refractivity contribution is -0.130. The Bertz CT molecular complexity index is 893. The number of ether oxygens (including phenoxy) is 1.